The van der Waals surface area contributed by atoms with Gasteiger partial charge in [-0.25, -0.2) is 0 Å². The first-order valence-electron chi connectivity index (χ1n) is 9.39. The zero-order chi connectivity index (χ0) is 21.5. The van der Waals surface area contributed by atoms with Crippen molar-refractivity contribution in [2.75, 3.05) is 11.9 Å². The molecule has 0 saturated heterocycles. The third-order valence-corrected chi connectivity index (χ3v) is 4.96. The van der Waals surface area contributed by atoms with Crippen molar-refractivity contribution in [2.45, 2.75) is 20.4 Å². The molecule has 0 atom stereocenters. The molecule has 6 nitrogen and oxygen atoms in total. The minimum absolute atomic E-state index is 0.123. The number of halogens is 1. The third kappa shape index (κ3) is 5.81. The maximum Gasteiger partial charge on any atom is 0.262 e. The van der Waals surface area contributed by atoms with Crippen molar-refractivity contribution in [1.29, 1.82) is 0 Å². The molecule has 2 amide bonds. The Hall–Kier alpha value is -3.38. The standard InChI is InChI=1S/C23H22ClN3O3/c1-15-9-20(10-16(2)22(15)24)30-14-21(28)27-19-7-3-5-17(11-19)12-26-23(29)18-6-4-8-25-13-18/h3-11,13H,12,14H2,1-2H3,(H,26,29)(H,27,28). The number of benzene rings is 2. The number of hydrogen-bond acceptors (Lipinski definition) is 4. The molecule has 0 aliphatic heterocycles. The van der Waals surface area contributed by atoms with Crippen LogP contribution in [0.5, 0.6) is 5.75 Å². The van der Waals surface area contributed by atoms with Gasteiger partial charge in [0.25, 0.3) is 11.8 Å². The van der Waals surface area contributed by atoms with Gasteiger partial charge in [-0.05, 0) is 66.9 Å². The van der Waals surface area contributed by atoms with E-state index in [0.29, 0.717) is 28.6 Å². The van der Waals surface area contributed by atoms with Crippen LogP contribution in [0.25, 0.3) is 0 Å². The van der Waals surface area contributed by atoms with Crippen LogP contribution in [0.3, 0.4) is 0 Å². The quantitative estimate of drug-likeness (QED) is 0.593. The summed E-state index contributed by atoms with van der Waals surface area (Å²) in [7, 11) is 0. The summed E-state index contributed by atoms with van der Waals surface area (Å²) in [4.78, 5) is 28.3. The van der Waals surface area contributed by atoms with E-state index in [1.54, 1.807) is 42.6 Å². The Kier molecular flexibility index (Phi) is 7.03. The zero-order valence-electron chi connectivity index (χ0n) is 16.7. The van der Waals surface area contributed by atoms with E-state index in [1.807, 2.05) is 26.0 Å². The first-order chi connectivity index (χ1) is 14.4. The maximum atomic E-state index is 12.2. The Morgan fingerprint density at radius 2 is 1.83 bits per heavy atom. The molecule has 0 aliphatic rings. The molecule has 0 fully saturated rings. The van der Waals surface area contributed by atoms with Crippen LogP contribution in [0, 0.1) is 13.8 Å². The Balaban J connectivity index is 1.53. The molecule has 1 aromatic heterocycles. The van der Waals surface area contributed by atoms with Gasteiger partial charge in [-0.15, -0.1) is 0 Å². The molecular formula is C23H22ClN3O3. The second-order valence-electron chi connectivity index (χ2n) is 6.83. The van der Waals surface area contributed by atoms with Crippen LogP contribution in [-0.4, -0.2) is 23.4 Å². The van der Waals surface area contributed by atoms with Crippen molar-refractivity contribution >= 4 is 29.1 Å². The zero-order valence-corrected chi connectivity index (χ0v) is 17.5. The number of ether oxygens (including phenoxy) is 1. The molecule has 0 saturated carbocycles. The molecule has 1 heterocycles. The Morgan fingerprint density at radius 1 is 1.07 bits per heavy atom. The van der Waals surface area contributed by atoms with Gasteiger partial charge in [0.2, 0.25) is 0 Å². The molecule has 0 radical (unpaired) electrons. The number of nitrogens with zero attached hydrogens (tertiary/aromatic N) is 1. The van der Waals surface area contributed by atoms with Gasteiger partial charge in [-0.3, -0.25) is 14.6 Å². The highest BCUT2D eigenvalue weighted by Crippen LogP contribution is 2.25. The monoisotopic (exact) mass is 423 g/mol. The van der Waals surface area contributed by atoms with Crippen molar-refractivity contribution in [1.82, 2.24) is 10.3 Å². The van der Waals surface area contributed by atoms with E-state index in [2.05, 4.69) is 15.6 Å². The van der Waals surface area contributed by atoms with Crippen LogP contribution in [0.15, 0.2) is 60.9 Å². The molecule has 30 heavy (non-hydrogen) atoms. The predicted octanol–water partition coefficient (Wildman–Crippen LogP) is 4.30. The molecule has 2 N–H and O–H groups in total. The summed E-state index contributed by atoms with van der Waals surface area (Å²) < 4.78 is 5.58. The van der Waals surface area contributed by atoms with Crippen LogP contribution in [-0.2, 0) is 11.3 Å². The summed E-state index contributed by atoms with van der Waals surface area (Å²) >= 11 is 6.15. The lowest BCUT2D eigenvalue weighted by Crippen LogP contribution is -2.23. The lowest BCUT2D eigenvalue weighted by Gasteiger charge is -2.11. The average Bonchev–Trinajstić information content (AvgIpc) is 2.75. The van der Waals surface area contributed by atoms with Gasteiger partial charge < -0.3 is 15.4 Å². The van der Waals surface area contributed by atoms with Gasteiger partial charge in [-0.2, -0.15) is 0 Å². The molecule has 0 spiro atoms. The number of nitrogens with one attached hydrogen (secondary N) is 2. The van der Waals surface area contributed by atoms with E-state index < -0.39 is 0 Å². The number of rotatable bonds is 7. The summed E-state index contributed by atoms with van der Waals surface area (Å²) in [5, 5.41) is 6.32. The molecule has 0 unspecified atom stereocenters. The van der Waals surface area contributed by atoms with Gasteiger partial charge in [0.15, 0.2) is 6.61 Å². The van der Waals surface area contributed by atoms with Crippen molar-refractivity contribution in [2.24, 2.45) is 0 Å². The molecule has 7 heteroatoms. The van der Waals surface area contributed by atoms with Gasteiger partial charge in [-0.1, -0.05) is 23.7 Å². The minimum Gasteiger partial charge on any atom is -0.484 e. The van der Waals surface area contributed by atoms with Crippen molar-refractivity contribution < 1.29 is 14.3 Å². The molecule has 0 aliphatic carbocycles. The van der Waals surface area contributed by atoms with Crippen LogP contribution in [0.1, 0.15) is 27.0 Å². The number of aryl methyl sites for hydroxylation is 2. The SMILES string of the molecule is Cc1cc(OCC(=O)Nc2cccc(CNC(=O)c3cccnc3)c2)cc(C)c1Cl. The summed E-state index contributed by atoms with van der Waals surface area (Å²) in [5.41, 5.74) is 3.77. The number of carbonyl (C=O) groups excluding carboxylic acids is 2. The molecule has 3 aromatic rings. The highest BCUT2D eigenvalue weighted by atomic mass is 35.5. The molecular weight excluding hydrogens is 402 g/mol. The molecule has 2 aromatic carbocycles. The Bertz CT molecular complexity index is 1030. The summed E-state index contributed by atoms with van der Waals surface area (Å²) in [6.07, 6.45) is 3.12. The number of pyridine rings is 1. The Labute approximate surface area is 180 Å². The van der Waals surface area contributed by atoms with Crippen molar-refractivity contribution in [3.8, 4) is 5.75 Å². The Morgan fingerprint density at radius 3 is 2.53 bits per heavy atom. The molecule has 154 valence electrons. The topological polar surface area (TPSA) is 80.3 Å². The maximum absolute atomic E-state index is 12.2. The van der Waals surface area contributed by atoms with Crippen LogP contribution in [0.2, 0.25) is 5.02 Å². The molecule has 0 bridgehead atoms. The molecule has 3 rings (SSSR count). The lowest BCUT2D eigenvalue weighted by atomic mass is 10.1. The first-order valence-corrected chi connectivity index (χ1v) is 9.77. The minimum atomic E-state index is -0.281. The van der Waals surface area contributed by atoms with Gasteiger partial charge in [0, 0.05) is 29.6 Å². The fourth-order valence-corrected chi connectivity index (χ4v) is 2.99. The van der Waals surface area contributed by atoms with E-state index in [0.717, 1.165) is 16.7 Å². The van der Waals surface area contributed by atoms with E-state index >= 15 is 0 Å². The van der Waals surface area contributed by atoms with Crippen molar-refractivity contribution in [3.63, 3.8) is 0 Å². The first kappa shape index (κ1) is 21.3. The summed E-state index contributed by atoms with van der Waals surface area (Å²) in [5.74, 6) is 0.104. The largest absolute Gasteiger partial charge is 0.484 e. The van der Waals surface area contributed by atoms with E-state index in [1.165, 1.54) is 6.20 Å². The highest BCUT2D eigenvalue weighted by molar-refractivity contribution is 6.32. The van der Waals surface area contributed by atoms with Crippen LogP contribution < -0.4 is 15.4 Å². The second kappa shape index (κ2) is 9.89. The fraction of sp³-hybridized carbons (Fsp3) is 0.174. The van der Waals surface area contributed by atoms with E-state index in [-0.39, 0.29) is 18.4 Å². The van der Waals surface area contributed by atoms with Gasteiger partial charge in [0.1, 0.15) is 5.75 Å². The third-order valence-electron chi connectivity index (χ3n) is 4.37. The summed E-state index contributed by atoms with van der Waals surface area (Å²) in [6.45, 7) is 3.99. The smallest absolute Gasteiger partial charge is 0.262 e. The van der Waals surface area contributed by atoms with Gasteiger partial charge in [0.05, 0.1) is 5.56 Å². The van der Waals surface area contributed by atoms with Crippen LogP contribution >= 0.6 is 11.6 Å². The number of amides is 2. The van der Waals surface area contributed by atoms with E-state index in [4.69, 9.17) is 16.3 Å². The lowest BCUT2D eigenvalue weighted by molar-refractivity contribution is -0.118. The normalized spacial score (nSPS) is 10.4. The fourth-order valence-electron chi connectivity index (χ4n) is 2.88. The average molecular weight is 424 g/mol. The number of aromatic nitrogens is 1. The van der Waals surface area contributed by atoms with Crippen LogP contribution in [0.4, 0.5) is 5.69 Å². The number of anilines is 1. The highest BCUT2D eigenvalue weighted by Gasteiger charge is 2.08. The second-order valence-corrected chi connectivity index (χ2v) is 7.21. The predicted molar refractivity (Wildman–Crippen MR) is 117 cm³/mol. The van der Waals surface area contributed by atoms with Gasteiger partial charge >= 0.3 is 0 Å². The number of hydrogen-bond donors (Lipinski definition) is 2. The van der Waals surface area contributed by atoms with Crippen molar-refractivity contribution in [3.05, 3.63) is 88.2 Å². The summed E-state index contributed by atoms with van der Waals surface area (Å²) in [6, 6.07) is 14.3. The number of carbonyl (C=O) groups is 2. The van der Waals surface area contributed by atoms with E-state index in [9.17, 15) is 9.59 Å².